The number of hydrogen-bond acceptors (Lipinski definition) is 5. The second-order valence-corrected chi connectivity index (χ2v) is 8.15. The van der Waals surface area contributed by atoms with E-state index in [1.54, 1.807) is 54.6 Å². The van der Waals surface area contributed by atoms with Crippen LogP contribution in [0.3, 0.4) is 0 Å². The van der Waals surface area contributed by atoms with Gasteiger partial charge < -0.3 is 19.5 Å². The standard InChI is InChI=1S/C23H20BrN3O4/c1-13(2)23-27-17-12-16(7-8-18(17)31-23)25-21(28)11-14-3-5-15(6-4-14)26-22(29)19-9-10-20(24)30-19/h3-10,12-13H,11H2,1-2H3,(H,25,28)(H,26,29). The van der Waals surface area contributed by atoms with E-state index in [-0.39, 0.29) is 29.9 Å². The fourth-order valence-electron chi connectivity index (χ4n) is 3.00. The van der Waals surface area contributed by atoms with Crippen LogP contribution in [0.1, 0.15) is 41.8 Å². The zero-order valence-electron chi connectivity index (χ0n) is 16.9. The smallest absolute Gasteiger partial charge is 0.291 e. The van der Waals surface area contributed by atoms with Crippen LogP contribution in [0.4, 0.5) is 11.4 Å². The van der Waals surface area contributed by atoms with E-state index in [0.29, 0.717) is 33.0 Å². The first-order chi connectivity index (χ1) is 14.9. The molecular weight excluding hydrogens is 462 g/mol. The van der Waals surface area contributed by atoms with Crippen molar-refractivity contribution in [3.8, 4) is 0 Å². The number of amides is 2. The minimum absolute atomic E-state index is 0.149. The van der Waals surface area contributed by atoms with Gasteiger partial charge in [0.2, 0.25) is 5.91 Å². The molecule has 8 heteroatoms. The molecule has 2 N–H and O–H groups in total. The minimum Gasteiger partial charge on any atom is -0.444 e. The Bertz CT molecular complexity index is 1240. The molecule has 0 fully saturated rings. The number of benzene rings is 2. The summed E-state index contributed by atoms with van der Waals surface area (Å²) in [5, 5.41) is 5.63. The third-order valence-corrected chi connectivity index (χ3v) is 4.98. The number of nitrogens with zero attached hydrogens (tertiary/aromatic N) is 1. The first kappa shape index (κ1) is 20.9. The van der Waals surface area contributed by atoms with Gasteiger partial charge in [-0.3, -0.25) is 9.59 Å². The Morgan fingerprint density at radius 2 is 1.71 bits per heavy atom. The lowest BCUT2D eigenvalue weighted by Crippen LogP contribution is -2.14. The number of anilines is 2. The number of fused-ring (bicyclic) bond motifs is 1. The number of aromatic nitrogens is 1. The van der Waals surface area contributed by atoms with Crippen LogP contribution >= 0.6 is 15.9 Å². The highest BCUT2D eigenvalue weighted by atomic mass is 79.9. The van der Waals surface area contributed by atoms with E-state index in [4.69, 9.17) is 8.83 Å². The molecule has 0 saturated heterocycles. The molecule has 4 aromatic rings. The Morgan fingerprint density at radius 1 is 0.968 bits per heavy atom. The average molecular weight is 482 g/mol. The van der Waals surface area contributed by atoms with E-state index >= 15 is 0 Å². The Labute approximate surface area is 187 Å². The minimum atomic E-state index is -0.347. The van der Waals surface area contributed by atoms with E-state index in [9.17, 15) is 9.59 Å². The number of nitrogens with one attached hydrogen (secondary N) is 2. The van der Waals surface area contributed by atoms with Gasteiger partial charge in [-0.1, -0.05) is 26.0 Å². The maximum atomic E-state index is 12.4. The zero-order valence-corrected chi connectivity index (χ0v) is 18.5. The van der Waals surface area contributed by atoms with Crippen molar-refractivity contribution in [1.82, 2.24) is 4.98 Å². The molecule has 0 bridgehead atoms. The third kappa shape index (κ3) is 5.03. The summed E-state index contributed by atoms with van der Waals surface area (Å²) in [6, 6.07) is 15.7. The molecule has 0 radical (unpaired) electrons. The largest absolute Gasteiger partial charge is 0.444 e. The molecule has 7 nitrogen and oxygen atoms in total. The van der Waals surface area contributed by atoms with Crippen molar-refractivity contribution >= 4 is 50.2 Å². The van der Waals surface area contributed by atoms with Crippen LogP contribution < -0.4 is 10.6 Å². The highest BCUT2D eigenvalue weighted by molar-refractivity contribution is 9.10. The van der Waals surface area contributed by atoms with Gasteiger partial charge in [0.15, 0.2) is 21.9 Å². The first-order valence-electron chi connectivity index (χ1n) is 9.73. The van der Waals surface area contributed by atoms with Crippen molar-refractivity contribution < 1.29 is 18.4 Å². The maximum absolute atomic E-state index is 12.4. The summed E-state index contributed by atoms with van der Waals surface area (Å²) >= 11 is 3.17. The van der Waals surface area contributed by atoms with Gasteiger partial charge >= 0.3 is 0 Å². The van der Waals surface area contributed by atoms with Gasteiger partial charge in [-0.25, -0.2) is 4.98 Å². The van der Waals surface area contributed by atoms with Crippen molar-refractivity contribution in [1.29, 1.82) is 0 Å². The summed E-state index contributed by atoms with van der Waals surface area (Å²) in [5.41, 5.74) is 3.50. The lowest BCUT2D eigenvalue weighted by Gasteiger charge is -2.07. The Balaban J connectivity index is 1.36. The molecule has 2 aromatic heterocycles. The summed E-state index contributed by atoms with van der Waals surface area (Å²) in [6.45, 7) is 4.03. The molecule has 0 spiro atoms. The molecule has 0 aliphatic carbocycles. The summed E-state index contributed by atoms with van der Waals surface area (Å²) in [4.78, 5) is 29.0. The van der Waals surface area contributed by atoms with Crippen LogP contribution in [0.25, 0.3) is 11.1 Å². The molecule has 0 aliphatic rings. The predicted molar refractivity (Wildman–Crippen MR) is 121 cm³/mol. The van der Waals surface area contributed by atoms with Crippen LogP contribution in [-0.2, 0) is 11.2 Å². The SMILES string of the molecule is CC(C)c1nc2cc(NC(=O)Cc3ccc(NC(=O)c4ccc(Br)o4)cc3)ccc2o1. The molecule has 2 amide bonds. The van der Waals surface area contributed by atoms with E-state index in [1.165, 1.54) is 0 Å². The molecule has 31 heavy (non-hydrogen) atoms. The quantitative estimate of drug-likeness (QED) is 0.365. The van der Waals surface area contributed by atoms with Crippen molar-refractivity contribution in [2.45, 2.75) is 26.2 Å². The van der Waals surface area contributed by atoms with Crippen molar-refractivity contribution in [3.05, 3.63) is 76.5 Å². The molecule has 4 rings (SSSR count). The van der Waals surface area contributed by atoms with E-state index in [1.807, 2.05) is 13.8 Å². The summed E-state index contributed by atoms with van der Waals surface area (Å²) in [6.07, 6.45) is 0.202. The lowest BCUT2D eigenvalue weighted by atomic mass is 10.1. The van der Waals surface area contributed by atoms with Gasteiger partial charge in [0.05, 0.1) is 6.42 Å². The third-order valence-electron chi connectivity index (χ3n) is 4.56. The van der Waals surface area contributed by atoms with Crippen LogP contribution in [0.15, 0.2) is 68.1 Å². The normalized spacial score (nSPS) is 11.1. The van der Waals surface area contributed by atoms with Crippen LogP contribution in [0.2, 0.25) is 0 Å². The molecule has 0 unspecified atom stereocenters. The number of carbonyl (C=O) groups is 2. The highest BCUT2D eigenvalue weighted by Gasteiger charge is 2.12. The monoisotopic (exact) mass is 481 g/mol. The lowest BCUT2D eigenvalue weighted by molar-refractivity contribution is -0.115. The van der Waals surface area contributed by atoms with Crippen molar-refractivity contribution in [2.24, 2.45) is 0 Å². The van der Waals surface area contributed by atoms with Gasteiger partial charge in [0.1, 0.15) is 5.52 Å². The van der Waals surface area contributed by atoms with Gasteiger partial charge in [0.25, 0.3) is 5.91 Å². The summed E-state index contributed by atoms with van der Waals surface area (Å²) in [5.74, 6) is 0.577. The molecule has 0 aliphatic heterocycles. The maximum Gasteiger partial charge on any atom is 0.291 e. The van der Waals surface area contributed by atoms with Gasteiger partial charge in [-0.15, -0.1) is 0 Å². The second kappa shape index (κ2) is 8.77. The van der Waals surface area contributed by atoms with Crippen molar-refractivity contribution in [3.63, 3.8) is 0 Å². The summed E-state index contributed by atoms with van der Waals surface area (Å²) < 4.78 is 11.4. The van der Waals surface area contributed by atoms with Crippen LogP contribution in [0, 0.1) is 0 Å². The molecular formula is C23H20BrN3O4. The second-order valence-electron chi connectivity index (χ2n) is 7.37. The van der Waals surface area contributed by atoms with Crippen LogP contribution in [0.5, 0.6) is 0 Å². The summed E-state index contributed by atoms with van der Waals surface area (Å²) in [7, 11) is 0. The highest BCUT2D eigenvalue weighted by Crippen LogP contribution is 2.24. The number of oxazole rings is 1. The van der Waals surface area contributed by atoms with E-state index < -0.39 is 0 Å². The topological polar surface area (TPSA) is 97.4 Å². The molecule has 2 heterocycles. The Morgan fingerprint density at radius 3 is 2.39 bits per heavy atom. The van der Waals surface area contributed by atoms with Crippen molar-refractivity contribution in [2.75, 3.05) is 10.6 Å². The number of rotatable bonds is 6. The van der Waals surface area contributed by atoms with E-state index in [0.717, 1.165) is 5.56 Å². The van der Waals surface area contributed by atoms with E-state index in [2.05, 4.69) is 31.5 Å². The zero-order chi connectivity index (χ0) is 22.0. The first-order valence-corrected chi connectivity index (χ1v) is 10.5. The number of hydrogen-bond donors (Lipinski definition) is 2. The molecule has 158 valence electrons. The Kier molecular flexibility index (Phi) is 5.90. The van der Waals surface area contributed by atoms with Crippen LogP contribution in [-0.4, -0.2) is 16.8 Å². The van der Waals surface area contributed by atoms with Gasteiger partial charge in [-0.2, -0.15) is 0 Å². The molecule has 0 atom stereocenters. The predicted octanol–water partition coefficient (Wildman–Crippen LogP) is 5.74. The van der Waals surface area contributed by atoms with Gasteiger partial charge in [0, 0.05) is 17.3 Å². The molecule has 0 saturated carbocycles. The number of carbonyl (C=O) groups excluding carboxylic acids is 2. The number of furan rings is 1. The average Bonchev–Trinajstić information content (AvgIpc) is 3.35. The fourth-order valence-corrected chi connectivity index (χ4v) is 3.30. The Hall–Kier alpha value is -3.39. The number of halogens is 1. The molecule has 2 aromatic carbocycles. The fraction of sp³-hybridized carbons (Fsp3) is 0.174. The van der Waals surface area contributed by atoms with Gasteiger partial charge in [-0.05, 0) is 64.0 Å².